The molecule has 7 rings (SSSR count). The highest BCUT2D eigenvalue weighted by molar-refractivity contribution is 5.87. The van der Waals surface area contributed by atoms with Gasteiger partial charge in [-0.25, -0.2) is 37.1 Å². The molecule has 6 unspecified atom stereocenters. The zero-order valence-electron chi connectivity index (χ0n) is 43.7. The number of aliphatic hydroxyl groups excluding tert-OH is 1. The number of ether oxygens (including phenoxy) is 2. The number of aromatic nitrogens is 3. The Kier molecular flexibility index (Phi) is 18.3. The third-order valence-corrected chi connectivity index (χ3v) is 14.2. The van der Waals surface area contributed by atoms with Crippen LogP contribution in [0.3, 0.4) is 0 Å². The minimum Gasteiger partial charge on any atom is -0.465 e. The van der Waals surface area contributed by atoms with Crippen LogP contribution in [0, 0.1) is 34.3 Å². The fourth-order valence-corrected chi connectivity index (χ4v) is 9.72. The quantitative estimate of drug-likeness (QED) is 0.0370. The van der Waals surface area contributed by atoms with Gasteiger partial charge in [-0.05, 0) is 86.6 Å². The van der Waals surface area contributed by atoms with E-state index in [4.69, 9.17) is 9.72 Å². The van der Waals surface area contributed by atoms with Crippen molar-refractivity contribution in [3.8, 4) is 23.1 Å². The molecule has 3 aliphatic heterocycles. The third kappa shape index (κ3) is 14.4. The van der Waals surface area contributed by atoms with Crippen molar-refractivity contribution in [1.82, 2.24) is 46.0 Å². The maximum atomic E-state index is 16.1. The van der Waals surface area contributed by atoms with Crippen LogP contribution in [0.2, 0.25) is 0 Å². The minimum absolute atomic E-state index is 0.0605. The van der Waals surface area contributed by atoms with Crippen LogP contribution >= 0.6 is 0 Å². The Hall–Kier alpha value is -7.01. The summed E-state index contributed by atoms with van der Waals surface area (Å²) in [5.74, 6) is 2.08. The van der Waals surface area contributed by atoms with E-state index in [1.807, 2.05) is 17.4 Å². The number of piperazine rings is 1. The molecule has 4 amide bonds. The molecular weight excluding hydrogens is 1040 g/mol. The number of nitrogens with one attached hydrogen (secondary N) is 4. The second kappa shape index (κ2) is 24.3. The van der Waals surface area contributed by atoms with Crippen molar-refractivity contribution >= 4 is 29.8 Å². The lowest BCUT2D eigenvalue weighted by molar-refractivity contribution is -0.220. The zero-order chi connectivity index (χ0) is 56.9. The van der Waals surface area contributed by atoms with Gasteiger partial charge in [0.2, 0.25) is 5.91 Å². The number of nitrogens with zero attached hydrogens (tertiary/aromatic N) is 6. The van der Waals surface area contributed by atoms with Crippen LogP contribution in [-0.2, 0) is 38.6 Å². The van der Waals surface area contributed by atoms with Crippen LogP contribution in [0.15, 0.2) is 67.0 Å². The molecule has 18 nitrogen and oxygen atoms in total. The van der Waals surface area contributed by atoms with E-state index in [2.05, 4.69) is 47.5 Å². The molecule has 78 heavy (non-hydrogen) atoms. The minimum atomic E-state index is -5.09. The number of pyridine rings is 1. The largest absolute Gasteiger partial charge is 0.465 e. The van der Waals surface area contributed by atoms with Crippen LogP contribution in [0.25, 0.3) is 11.3 Å². The van der Waals surface area contributed by atoms with E-state index in [-0.39, 0.29) is 17.7 Å². The second-order valence-corrected chi connectivity index (χ2v) is 21.3. The number of benzene rings is 2. The van der Waals surface area contributed by atoms with Crippen molar-refractivity contribution in [2.45, 2.75) is 122 Å². The summed E-state index contributed by atoms with van der Waals surface area (Å²) in [5.41, 5.74) is -1.04. The van der Waals surface area contributed by atoms with E-state index in [0.717, 1.165) is 73.9 Å². The summed E-state index contributed by atoms with van der Waals surface area (Å²) in [7, 11) is 0.874. The van der Waals surface area contributed by atoms with Gasteiger partial charge in [0.15, 0.2) is 0 Å². The summed E-state index contributed by atoms with van der Waals surface area (Å²) in [5, 5.41) is 32.9. The monoisotopic (exact) mass is 1100 g/mol. The predicted molar refractivity (Wildman–Crippen MR) is 269 cm³/mol. The van der Waals surface area contributed by atoms with Crippen molar-refractivity contribution in [1.29, 1.82) is 0 Å². The molecule has 2 aromatic heterocycles. The van der Waals surface area contributed by atoms with Crippen molar-refractivity contribution in [3.05, 3.63) is 101 Å². The summed E-state index contributed by atoms with van der Waals surface area (Å²) in [6.45, 7) is 6.65. The molecule has 25 heteroatoms. The molecule has 4 aromatic rings. The number of fused-ring (bicyclic) bond motifs is 2. The molecule has 0 spiro atoms. The maximum Gasteiger partial charge on any atom is 0.407 e. The highest BCUT2D eigenvalue weighted by Crippen LogP contribution is 2.41. The summed E-state index contributed by atoms with van der Waals surface area (Å²) in [4.78, 5) is 61.9. The van der Waals surface area contributed by atoms with Gasteiger partial charge in [0.25, 0.3) is 12.3 Å². The molecule has 2 aromatic carbocycles. The van der Waals surface area contributed by atoms with Crippen LogP contribution in [0.4, 0.5) is 46.1 Å². The van der Waals surface area contributed by atoms with Gasteiger partial charge < -0.3 is 40.5 Å². The van der Waals surface area contributed by atoms with E-state index >= 15 is 8.78 Å². The van der Waals surface area contributed by atoms with Crippen LogP contribution < -0.4 is 26.3 Å². The van der Waals surface area contributed by atoms with Crippen LogP contribution in [0.5, 0.6) is 0 Å². The van der Waals surface area contributed by atoms with Gasteiger partial charge in [0, 0.05) is 72.9 Å². The number of hydrogen-bond donors (Lipinski definition) is 6. The number of methoxy groups -OCH3 is 1. The van der Waals surface area contributed by atoms with E-state index in [1.54, 1.807) is 30.5 Å². The Bertz CT molecular complexity index is 2800. The highest BCUT2D eigenvalue weighted by atomic mass is 19.4. The molecule has 3 saturated heterocycles. The van der Waals surface area contributed by atoms with Crippen molar-refractivity contribution in [2.75, 3.05) is 44.9 Å². The first-order chi connectivity index (χ1) is 36.7. The molecule has 6 atom stereocenters. The average molecular weight is 1100 g/mol. The fraction of sp³-hybridized carbons (Fsp3) is 0.509. The summed E-state index contributed by atoms with van der Waals surface area (Å²) < 4.78 is 113. The first-order valence-electron chi connectivity index (χ1n) is 25.1. The molecule has 0 radical (unpaired) electrons. The maximum absolute atomic E-state index is 16.1. The van der Waals surface area contributed by atoms with Crippen molar-refractivity contribution in [2.24, 2.45) is 10.8 Å². The van der Waals surface area contributed by atoms with Crippen molar-refractivity contribution in [3.63, 3.8) is 0 Å². The third-order valence-electron chi connectivity index (χ3n) is 14.2. The lowest BCUT2D eigenvalue weighted by Crippen LogP contribution is -2.63. The van der Waals surface area contributed by atoms with Crippen LogP contribution in [0.1, 0.15) is 69.7 Å². The number of alkyl carbamates (subject to hydrolysis) is 1. The molecule has 0 saturated carbocycles. The second-order valence-electron chi connectivity index (χ2n) is 21.3. The van der Waals surface area contributed by atoms with Gasteiger partial charge in [0.05, 0.1) is 49.6 Å². The number of carboxylic acid groups (broad SMARTS) is 1. The molecule has 3 fully saturated rings. The molecule has 2 bridgehead atoms. The molecule has 0 aliphatic carbocycles. The number of anilines is 1. The van der Waals surface area contributed by atoms with E-state index < -0.39 is 108 Å². The number of rotatable bonds is 19. The number of amides is 4. The number of alkyl halides is 5. The van der Waals surface area contributed by atoms with E-state index in [0.29, 0.717) is 48.7 Å². The lowest BCUT2D eigenvalue weighted by atomic mass is 9.82. The first kappa shape index (κ1) is 58.7. The number of hydrazine groups is 1. The fourth-order valence-electron chi connectivity index (χ4n) is 9.72. The SMILES string of the molecule is COC(=O)NC(C(=O)NC(Cc1ccc(C#Cc2ccc(N3CC4CCC(C3)N4C3COC3)nc2)cc1)C(O)CN(Cc1c(F)cc(-c2ccn(CC(F)F)n2)cc1F)NC(=O)C(NC(=O)O)C(C)(C)C)C(C)(C)C(F)(F)F. The van der Waals surface area contributed by atoms with E-state index in [9.17, 15) is 51.3 Å². The standard InChI is InChI=1S/C53H63F7N10O8/c1-51(2,3)45(63-49(74)75)48(73)66-69(25-37-38(54)20-33(21-39(37)55)40-17-18-68(65-40)27-43(56)57)26-42(71)41(62-47(72)46(64-50(76)77-6)52(4,5)53(58,59)60)19-31-10-7-30(8-11-31)9-12-32-13-16-44(61-22-32)67-23-34-14-15-35(24-67)70(34)36-28-78-29-36/h7-8,10-11,13,16-18,20-22,34-36,41-43,45-46,63,71H,14-15,19,23-29H2,1-6H3,(H,62,72)(H,64,76)(H,66,73)(H,74,75). The molecule has 422 valence electrons. The van der Waals surface area contributed by atoms with Gasteiger partial charge in [-0.1, -0.05) is 44.7 Å². The average Bonchev–Trinajstić information content (AvgIpc) is 3.92. The summed E-state index contributed by atoms with van der Waals surface area (Å²) in [6, 6.07) is 9.08. The highest BCUT2D eigenvalue weighted by Gasteiger charge is 2.56. The van der Waals surface area contributed by atoms with Crippen molar-refractivity contribution < 1.29 is 69.6 Å². The lowest BCUT2D eigenvalue weighted by Gasteiger charge is -2.47. The summed E-state index contributed by atoms with van der Waals surface area (Å²) in [6.07, 6.45) is -7.99. The Balaban J connectivity index is 1.15. The Morgan fingerprint density at radius 3 is 2.03 bits per heavy atom. The molecule has 5 heterocycles. The number of hydrogen-bond acceptors (Lipinski definition) is 12. The Morgan fingerprint density at radius 2 is 1.49 bits per heavy atom. The van der Waals surface area contributed by atoms with E-state index in [1.165, 1.54) is 33.0 Å². The first-order valence-corrected chi connectivity index (χ1v) is 25.1. The molecule has 3 aliphatic rings. The number of carbonyl (C=O) groups is 4. The van der Waals surface area contributed by atoms with Gasteiger partial charge in [-0.3, -0.25) is 24.6 Å². The number of carbonyl (C=O) groups excluding carboxylic acids is 3. The molecule has 6 N–H and O–H groups in total. The van der Waals surface area contributed by atoms with Crippen LogP contribution in [-0.4, -0.2) is 154 Å². The zero-order valence-corrected chi connectivity index (χ0v) is 43.7. The predicted octanol–water partition coefficient (Wildman–Crippen LogP) is 5.86. The molecular formula is C53H63F7N10O8. The Labute approximate surface area is 446 Å². The normalized spacial score (nSPS) is 18.5. The topological polar surface area (TPSA) is 216 Å². The smallest absolute Gasteiger partial charge is 0.407 e. The number of halogens is 7. The Morgan fingerprint density at radius 1 is 0.859 bits per heavy atom. The van der Waals surface area contributed by atoms with Gasteiger partial charge in [-0.15, -0.1) is 0 Å². The number of aliphatic hydroxyl groups is 1. The van der Waals surface area contributed by atoms with Gasteiger partial charge in [0.1, 0.15) is 36.1 Å². The summed E-state index contributed by atoms with van der Waals surface area (Å²) >= 11 is 0. The van der Waals surface area contributed by atoms with Gasteiger partial charge >= 0.3 is 18.4 Å². The van der Waals surface area contributed by atoms with Gasteiger partial charge in [-0.2, -0.15) is 18.3 Å².